The van der Waals surface area contributed by atoms with E-state index in [-0.39, 0.29) is 0 Å². The van der Waals surface area contributed by atoms with E-state index in [4.69, 9.17) is 0 Å². The number of aromatic nitrogens is 2. The lowest BCUT2D eigenvalue weighted by Gasteiger charge is -2.02. The monoisotopic (exact) mass is 362 g/mol. The molecule has 1 heterocycles. The van der Waals surface area contributed by atoms with Crippen LogP contribution in [0.4, 0.5) is 13.2 Å². The number of halogens is 4. The summed E-state index contributed by atoms with van der Waals surface area (Å²) in [6, 6.07) is 7.23. The summed E-state index contributed by atoms with van der Waals surface area (Å²) in [5.74, 6) is 0.309. The second-order valence-corrected chi connectivity index (χ2v) is 5.16. The number of hydrogen-bond donors (Lipinski definition) is 0. The third kappa shape index (κ3) is 4.88. The van der Waals surface area contributed by atoms with Gasteiger partial charge in [-0.15, -0.1) is 0 Å². The summed E-state index contributed by atoms with van der Waals surface area (Å²) >= 11 is 3.31. The molecule has 0 radical (unpaired) electrons. The average Bonchev–Trinajstić information content (AvgIpc) is 2.82. The zero-order valence-corrected chi connectivity index (χ0v) is 13.8. The smallest absolute Gasteiger partial charge is 0.333 e. The van der Waals surface area contributed by atoms with E-state index in [0.717, 1.165) is 11.8 Å². The Morgan fingerprint density at radius 3 is 2.05 bits per heavy atom. The molecule has 0 unspecified atom stereocenters. The molecule has 2 aromatic rings. The molecule has 0 fully saturated rings. The molecule has 6 heteroatoms. The van der Waals surface area contributed by atoms with E-state index in [1.807, 2.05) is 12.1 Å². The van der Waals surface area contributed by atoms with Crippen LogP contribution in [0.15, 0.2) is 30.5 Å². The summed E-state index contributed by atoms with van der Waals surface area (Å²) in [6.45, 7) is 4.25. The Balaban J connectivity index is 0.000000677. The maximum atomic E-state index is 12.5. The van der Waals surface area contributed by atoms with E-state index in [2.05, 4.69) is 34.8 Å². The summed E-state index contributed by atoms with van der Waals surface area (Å²) in [4.78, 5) is 3.63. The Labute approximate surface area is 131 Å². The van der Waals surface area contributed by atoms with Gasteiger partial charge < -0.3 is 4.57 Å². The molecule has 0 aliphatic rings. The minimum atomic E-state index is -4.41. The molecule has 116 valence electrons. The van der Waals surface area contributed by atoms with Crippen LogP contribution in [0.25, 0.3) is 11.4 Å². The molecule has 1 aromatic heterocycles. The highest BCUT2D eigenvalue weighted by Gasteiger charge is 2.34. The Bertz CT molecular complexity index is 559. The topological polar surface area (TPSA) is 17.8 Å². The number of aryl methyl sites for hydroxylation is 1. The zero-order valence-electron chi connectivity index (χ0n) is 12.2. The maximum Gasteiger partial charge on any atom is 0.434 e. The first-order valence-electron chi connectivity index (χ1n) is 6.59. The fraction of sp³-hybridized carbons (Fsp3) is 0.400. The molecule has 0 bridgehead atoms. The van der Waals surface area contributed by atoms with Crippen molar-refractivity contribution in [2.45, 2.75) is 31.8 Å². The van der Waals surface area contributed by atoms with E-state index in [0.29, 0.717) is 16.7 Å². The molecule has 2 nitrogen and oxygen atoms in total. The van der Waals surface area contributed by atoms with Crippen molar-refractivity contribution < 1.29 is 13.2 Å². The molecule has 0 amide bonds. The van der Waals surface area contributed by atoms with Gasteiger partial charge in [-0.1, -0.05) is 60.5 Å². The summed E-state index contributed by atoms with van der Waals surface area (Å²) in [7, 11) is 1.55. The fourth-order valence-electron chi connectivity index (χ4n) is 1.61. The molecule has 0 aliphatic heterocycles. The number of benzene rings is 1. The summed E-state index contributed by atoms with van der Waals surface area (Å²) in [5.41, 5.74) is 0.853. The highest BCUT2D eigenvalue weighted by molar-refractivity contribution is 9.08. The van der Waals surface area contributed by atoms with Gasteiger partial charge in [0.15, 0.2) is 5.69 Å². The van der Waals surface area contributed by atoms with Crippen molar-refractivity contribution in [2.75, 3.05) is 0 Å². The summed E-state index contributed by atoms with van der Waals surface area (Å²) in [5, 5.41) is 0.710. The number of rotatable bonds is 2. The third-order valence-corrected chi connectivity index (χ3v) is 3.18. The fourth-order valence-corrected chi connectivity index (χ4v) is 1.99. The van der Waals surface area contributed by atoms with Gasteiger partial charge in [0.1, 0.15) is 5.82 Å². The Kier molecular flexibility index (Phi) is 6.45. The van der Waals surface area contributed by atoms with Crippen LogP contribution in [0.5, 0.6) is 0 Å². The van der Waals surface area contributed by atoms with Crippen LogP contribution in [0.2, 0.25) is 0 Å². The Morgan fingerprint density at radius 1 is 1.14 bits per heavy atom. The normalized spacial score (nSPS) is 11.0. The first kappa shape index (κ1) is 17.8. The van der Waals surface area contributed by atoms with Crippen molar-refractivity contribution >= 4 is 15.9 Å². The molecule has 0 spiro atoms. The lowest BCUT2D eigenvalue weighted by Crippen LogP contribution is -2.04. The predicted octanol–water partition coefficient (Wildman–Crippen LogP) is 5.42. The molecule has 0 N–H and O–H groups in total. The van der Waals surface area contributed by atoms with E-state index < -0.39 is 11.9 Å². The molecular formula is C15H18BrF3N2. The van der Waals surface area contributed by atoms with Gasteiger partial charge in [-0.3, -0.25) is 0 Å². The molecule has 0 saturated carbocycles. The van der Waals surface area contributed by atoms with Gasteiger partial charge in [-0.05, 0) is 5.56 Å². The Hall–Kier alpha value is -1.30. The van der Waals surface area contributed by atoms with E-state index >= 15 is 0 Å². The highest BCUT2D eigenvalue weighted by Crippen LogP contribution is 2.30. The minimum Gasteiger partial charge on any atom is -0.333 e. The number of nitrogens with zero attached hydrogens (tertiary/aromatic N) is 2. The van der Waals surface area contributed by atoms with Crippen LogP contribution in [0.1, 0.15) is 31.5 Å². The van der Waals surface area contributed by atoms with Crippen LogP contribution < -0.4 is 0 Å². The van der Waals surface area contributed by atoms with Crippen molar-refractivity contribution in [1.82, 2.24) is 9.55 Å². The first-order valence-corrected chi connectivity index (χ1v) is 7.71. The molecule has 0 saturated heterocycles. The SMILES string of the molecule is CCC.Cn1cc(C(F)(F)F)nc1-c1ccc(CBr)cc1. The second kappa shape index (κ2) is 7.64. The van der Waals surface area contributed by atoms with Crippen molar-refractivity contribution in [2.24, 2.45) is 7.05 Å². The Morgan fingerprint density at radius 2 is 1.67 bits per heavy atom. The van der Waals surface area contributed by atoms with E-state index in [1.165, 1.54) is 11.0 Å². The second-order valence-electron chi connectivity index (χ2n) is 4.60. The maximum absolute atomic E-state index is 12.5. The third-order valence-electron chi connectivity index (χ3n) is 2.53. The van der Waals surface area contributed by atoms with Gasteiger partial charge in [-0.2, -0.15) is 13.2 Å². The first-order chi connectivity index (χ1) is 9.83. The molecule has 1 aromatic carbocycles. The lowest BCUT2D eigenvalue weighted by molar-refractivity contribution is -0.140. The molecule has 2 rings (SSSR count). The van der Waals surface area contributed by atoms with E-state index in [9.17, 15) is 13.2 Å². The number of hydrogen-bond acceptors (Lipinski definition) is 1. The predicted molar refractivity (Wildman–Crippen MR) is 82.2 cm³/mol. The molecule has 21 heavy (non-hydrogen) atoms. The van der Waals surface area contributed by atoms with Crippen LogP contribution in [-0.4, -0.2) is 9.55 Å². The average molecular weight is 363 g/mol. The number of imidazole rings is 1. The van der Waals surface area contributed by atoms with Crippen molar-refractivity contribution in [3.8, 4) is 11.4 Å². The van der Waals surface area contributed by atoms with Gasteiger partial charge in [0.05, 0.1) is 0 Å². The van der Waals surface area contributed by atoms with Crippen molar-refractivity contribution in [1.29, 1.82) is 0 Å². The molecule has 0 aliphatic carbocycles. The number of alkyl halides is 4. The van der Waals surface area contributed by atoms with Crippen molar-refractivity contribution in [3.05, 3.63) is 41.7 Å². The lowest BCUT2D eigenvalue weighted by atomic mass is 10.1. The van der Waals surface area contributed by atoms with Crippen LogP contribution >= 0.6 is 15.9 Å². The van der Waals surface area contributed by atoms with Gasteiger partial charge in [-0.25, -0.2) is 4.98 Å². The zero-order chi connectivity index (χ0) is 16.0. The van der Waals surface area contributed by atoms with Crippen molar-refractivity contribution in [3.63, 3.8) is 0 Å². The quantitative estimate of drug-likeness (QED) is 0.652. The van der Waals surface area contributed by atoms with Crippen LogP contribution in [-0.2, 0) is 18.6 Å². The standard InChI is InChI=1S/C12H10BrF3N2.C3H8/c1-18-7-10(12(14,15)16)17-11(18)9-4-2-8(6-13)3-5-9;1-3-2/h2-5,7H,6H2,1H3;3H2,1-2H3. The van der Waals surface area contributed by atoms with Gasteiger partial charge in [0, 0.05) is 24.1 Å². The minimum absolute atomic E-state index is 0.309. The van der Waals surface area contributed by atoms with E-state index in [1.54, 1.807) is 19.2 Å². The highest BCUT2D eigenvalue weighted by atomic mass is 79.9. The molecular weight excluding hydrogens is 345 g/mol. The summed E-state index contributed by atoms with van der Waals surface area (Å²) in [6.07, 6.45) is -2.17. The molecule has 0 atom stereocenters. The van der Waals surface area contributed by atoms with Gasteiger partial charge in [0.25, 0.3) is 0 Å². The largest absolute Gasteiger partial charge is 0.434 e. The van der Waals surface area contributed by atoms with Gasteiger partial charge >= 0.3 is 6.18 Å². The summed E-state index contributed by atoms with van der Waals surface area (Å²) < 4.78 is 39.0. The van der Waals surface area contributed by atoms with Crippen LogP contribution in [0.3, 0.4) is 0 Å². The van der Waals surface area contributed by atoms with Crippen LogP contribution in [0, 0.1) is 0 Å². The van der Waals surface area contributed by atoms with Gasteiger partial charge in [0.2, 0.25) is 0 Å².